The number of halogens is 2. The lowest BCUT2D eigenvalue weighted by molar-refractivity contribution is 0.102. The van der Waals surface area contributed by atoms with E-state index in [0.29, 0.717) is 17.0 Å². The number of hydrogen-bond donors (Lipinski definition) is 2. The average molecular weight is 451 g/mol. The van der Waals surface area contributed by atoms with Gasteiger partial charge in [-0.2, -0.15) is 0 Å². The van der Waals surface area contributed by atoms with Crippen LogP contribution in [0.2, 0.25) is 10.0 Å². The monoisotopic (exact) mass is 450 g/mol. The second-order valence-electron chi connectivity index (χ2n) is 5.89. The van der Waals surface area contributed by atoms with Crippen molar-refractivity contribution in [2.24, 2.45) is 0 Å². The molecule has 0 aliphatic rings. The third-order valence-corrected chi connectivity index (χ3v) is 6.17. The van der Waals surface area contributed by atoms with E-state index in [2.05, 4.69) is 10.0 Å². The standard InChI is InChI=1S/C20H16Cl2N2O4S/c1-28-18-8-3-2-5-15(18)20(25)23-13-9-11-14(12-10-13)29(26,27)24-17-7-4-6-16(21)19(17)22/h2-12,24H,1H3,(H,23,25). The number of ether oxygens (including phenoxy) is 1. The van der Waals surface area contributed by atoms with Gasteiger partial charge in [-0.05, 0) is 48.5 Å². The van der Waals surface area contributed by atoms with Gasteiger partial charge in [0.2, 0.25) is 0 Å². The van der Waals surface area contributed by atoms with Crippen LogP contribution in [-0.2, 0) is 10.0 Å². The Kier molecular flexibility index (Phi) is 6.32. The summed E-state index contributed by atoms with van der Waals surface area (Å²) >= 11 is 11.9. The van der Waals surface area contributed by atoms with Crippen molar-refractivity contribution in [2.75, 3.05) is 17.1 Å². The molecular weight excluding hydrogens is 435 g/mol. The first-order chi connectivity index (χ1) is 13.8. The van der Waals surface area contributed by atoms with Crippen LogP contribution in [0, 0.1) is 0 Å². The maximum absolute atomic E-state index is 12.6. The Bertz CT molecular complexity index is 1150. The lowest BCUT2D eigenvalue weighted by Crippen LogP contribution is -2.15. The molecule has 0 spiro atoms. The summed E-state index contributed by atoms with van der Waals surface area (Å²) < 4.78 is 32.7. The van der Waals surface area contributed by atoms with Crippen LogP contribution in [-0.4, -0.2) is 21.4 Å². The predicted octanol–water partition coefficient (Wildman–Crippen LogP) is 5.06. The number of para-hydroxylation sites is 1. The quantitative estimate of drug-likeness (QED) is 0.549. The third kappa shape index (κ3) is 4.82. The van der Waals surface area contributed by atoms with Crippen LogP contribution in [0.4, 0.5) is 11.4 Å². The van der Waals surface area contributed by atoms with E-state index >= 15 is 0 Å². The topological polar surface area (TPSA) is 84.5 Å². The fraction of sp³-hybridized carbons (Fsp3) is 0.0500. The Labute approximate surface area is 178 Å². The minimum atomic E-state index is -3.89. The third-order valence-electron chi connectivity index (χ3n) is 3.97. The zero-order chi connectivity index (χ0) is 21.0. The van der Waals surface area contributed by atoms with E-state index in [1.54, 1.807) is 36.4 Å². The second kappa shape index (κ2) is 8.73. The van der Waals surface area contributed by atoms with Crippen molar-refractivity contribution >= 4 is 50.5 Å². The molecule has 0 aliphatic carbocycles. The molecule has 0 bridgehead atoms. The van der Waals surface area contributed by atoms with Gasteiger partial charge in [-0.25, -0.2) is 8.42 Å². The zero-order valence-electron chi connectivity index (χ0n) is 15.1. The van der Waals surface area contributed by atoms with Crippen LogP contribution in [0.1, 0.15) is 10.4 Å². The van der Waals surface area contributed by atoms with Crippen molar-refractivity contribution in [1.29, 1.82) is 0 Å². The molecule has 0 atom stereocenters. The van der Waals surface area contributed by atoms with Crippen molar-refractivity contribution in [3.63, 3.8) is 0 Å². The fourth-order valence-electron chi connectivity index (χ4n) is 2.53. The van der Waals surface area contributed by atoms with Gasteiger partial charge in [-0.1, -0.05) is 41.4 Å². The summed E-state index contributed by atoms with van der Waals surface area (Å²) in [5.74, 6) is 0.0636. The van der Waals surface area contributed by atoms with Gasteiger partial charge in [0.15, 0.2) is 0 Å². The van der Waals surface area contributed by atoms with E-state index in [-0.39, 0.29) is 26.5 Å². The molecule has 0 saturated carbocycles. The minimum Gasteiger partial charge on any atom is -0.496 e. The van der Waals surface area contributed by atoms with E-state index < -0.39 is 10.0 Å². The largest absolute Gasteiger partial charge is 0.496 e. The van der Waals surface area contributed by atoms with Crippen LogP contribution in [0.15, 0.2) is 71.6 Å². The Morgan fingerprint density at radius 1 is 0.931 bits per heavy atom. The molecule has 1 amide bonds. The lowest BCUT2D eigenvalue weighted by atomic mass is 10.2. The molecular formula is C20H16Cl2N2O4S. The SMILES string of the molecule is COc1ccccc1C(=O)Nc1ccc(S(=O)(=O)Nc2cccc(Cl)c2Cl)cc1. The summed E-state index contributed by atoms with van der Waals surface area (Å²) in [4.78, 5) is 12.4. The summed E-state index contributed by atoms with van der Waals surface area (Å²) in [7, 11) is -2.41. The molecule has 6 nitrogen and oxygen atoms in total. The maximum atomic E-state index is 12.6. The van der Waals surface area contributed by atoms with E-state index in [9.17, 15) is 13.2 Å². The predicted molar refractivity (Wildman–Crippen MR) is 115 cm³/mol. The highest BCUT2D eigenvalue weighted by Crippen LogP contribution is 2.31. The molecule has 3 aromatic carbocycles. The number of methoxy groups -OCH3 is 1. The van der Waals surface area contributed by atoms with Crippen LogP contribution in [0.5, 0.6) is 5.75 Å². The van der Waals surface area contributed by atoms with Crippen LogP contribution in [0.3, 0.4) is 0 Å². The number of nitrogens with one attached hydrogen (secondary N) is 2. The maximum Gasteiger partial charge on any atom is 0.261 e. The molecule has 0 unspecified atom stereocenters. The number of anilines is 2. The normalized spacial score (nSPS) is 11.0. The summed E-state index contributed by atoms with van der Waals surface area (Å²) in [6.45, 7) is 0. The van der Waals surface area contributed by atoms with Gasteiger partial charge in [0.25, 0.3) is 15.9 Å². The molecule has 0 heterocycles. The molecule has 9 heteroatoms. The highest BCUT2D eigenvalue weighted by Gasteiger charge is 2.17. The number of amides is 1. The molecule has 0 aromatic heterocycles. The van der Waals surface area contributed by atoms with E-state index in [0.717, 1.165) is 0 Å². The minimum absolute atomic E-state index is 0.00355. The van der Waals surface area contributed by atoms with Crippen molar-refractivity contribution in [3.8, 4) is 5.75 Å². The first kappa shape index (κ1) is 21.0. The van der Waals surface area contributed by atoms with Crippen LogP contribution in [0.25, 0.3) is 0 Å². The molecule has 3 rings (SSSR count). The van der Waals surface area contributed by atoms with E-state index in [1.807, 2.05) is 0 Å². The van der Waals surface area contributed by atoms with Gasteiger partial charge in [0.1, 0.15) is 5.75 Å². The van der Waals surface area contributed by atoms with Crippen molar-refractivity contribution in [2.45, 2.75) is 4.90 Å². The van der Waals surface area contributed by atoms with E-state index in [4.69, 9.17) is 27.9 Å². The molecule has 0 radical (unpaired) electrons. The van der Waals surface area contributed by atoms with Gasteiger partial charge >= 0.3 is 0 Å². The number of sulfonamides is 1. The van der Waals surface area contributed by atoms with Crippen molar-refractivity contribution in [3.05, 3.63) is 82.3 Å². The Balaban J connectivity index is 1.77. The lowest BCUT2D eigenvalue weighted by Gasteiger charge is -2.12. The smallest absolute Gasteiger partial charge is 0.261 e. The van der Waals surface area contributed by atoms with Gasteiger partial charge < -0.3 is 10.1 Å². The second-order valence-corrected chi connectivity index (χ2v) is 8.35. The van der Waals surface area contributed by atoms with Crippen molar-refractivity contribution in [1.82, 2.24) is 0 Å². The average Bonchev–Trinajstić information content (AvgIpc) is 2.71. The Hall–Kier alpha value is -2.74. The summed E-state index contributed by atoms with van der Waals surface area (Å²) in [6.07, 6.45) is 0. The number of benzene rings is 3. The zero-order valence-corrected chi connectivity index (χ0v) is 17.5. The molecule has 0 saturated heterocycles. The number of carbonyl (C=O) groups is 1. The summed E-state index contributed by atoms with van der Waals surface area (Å²) in [5, 5.41) is 3.05. The molecule has 0 fully saturated rings. The summed E-state index contributed by atoms with van der Waals surface area (Å²) in [6, 6.07) is 17.2. The molecule has 0 aliphatic heterocycles. The Morgan fingerprint density at radius 3 is 2.31 bits per heavy atom. The Morgan fingerprint density at radius 2 is 1.62 bits per heavy atom. The number of rotatable bonds is 6. The number of hydrogen-bond acceptors (Lipinski definition) is 4. The van der Waals surface area contributed by atoms with Gasteiger partial charge in [-0.3, -0.25) is 9.52 Å². The fourth-order valence-corrected chi connectivity index (χ4v) is 4.01. The first-order valence-electron chi connectivity index (χ1n) is 8.33. The van der Waals surface area contributed by atoms with Crippen molar-refractivity contribution < 1.29 is 17.9 Å². The summed E-state index contributed by atoms with van der Waals surface area (Å²) in [5.41, 5.74) is 0.970. The van der Waals surface area contributed by atoms with Gasteiger partial charge in [0, 0.05) is 5.69 Å². The van der Waals surface area contributed by atoms with Gasteiger partial charge in [0.05, 0.1) is 33.3 Å². The highest BCUT2D eigenvalue weighted by atomic mass is 35.5. The van der Waals surface area contributed by atoms with Crippen LogP contribution >= 0.6 is 23.2 Å². The van der Waals surface area contributed by atoms with Gasteiger partial charge in [-0.15, -0.1) is 0 Å². The highest BCUT2D eigenvalue weighted by molar-refractivity contribution is 7.92. The van der Waals surface area contributed by atoms with Crippen LogP contribution < -0.4 is 14.8 Å². The number of carbonyl (C=O) groups excluding carboxylic acids is 1. The molecule has 29 heavy (non-hydrogen) atoms. The molecule has 2 N–H and O–H groups in total. The molecule has 150 valence electrons. The van der Waals surface area contributed by atoms with E-state index in [1.165, 1.54) is 37.4 Å². The molecule has 3 aromatic rings. The first-order valence-corrected chi connectivity index (χ1v) is 10.6.